The zero-order chi connectivity index (χ0) is 23.2. The van der Waals surface area contributed by atoms with Crippen molar-refractivity contribution in [1.82, 2.24) is 10.9 Å². The average Bonchev–Trinajstić information content (AvgIpc) is 3.53. The highest BCUT2D eigenvalue weighted by molar-refractivity contribution is 6.16. The Kier molecular flexibility index (Phi) is 5.68. The number of hydrazine groups is 1. The molecule has 0 aromatic heterocycles. The van der Waals surface area contributed by atoms with Gasteiger partial charge in [-0.2, -0.15) is 0 Å². The molecule has 4 unspecified atom stereocenters. The van der Waals surface area contributed by atoms with Gasteiger partial charge in [-0.15, -0.1) is 0 Å². The SMILES string of the molecule is Cc1cc(NC(=O)C2(C(=O)Nc3ccc(F)cc3)CC2)ccc1C1CCCC2NNC(N)C21. The lowest BCUT2D eigenvalue weighted by molar-refractivity contribution is -0.131. The molecule has 4 atom stereocenters. The number of rotatable bonds is 5. The number of hydrogen-bond donors (Lipinski definition) is 5. The van der Waals surface area contributed by atoms with Crippen molar-refractivity contribution in [2.45, 2.75) is 57.2 Å². The minimum absolute atomic E-state index is 0.0755. The first-order chi connectivity index (χ1) is 15.9. The molecule has 2 aromatic carbocycles. The number of carbonyl (C=O) groups is 2. The second-order valence-electron chi connectivity index (χ2n) is 9.60. The summed E-state index contributed by atoms with van der Waals surface area (Å²) in [4.78, 5) is 25.8. The lowest BCUT2D eigenvalue weighted by atomic mass is 9.71. The molecular weight excluding hydrogens is 421 g/mol. The molecule has 6 N–H and O–H groups in total. The van der Waals surface area contributed by atoms with Crippen LogP contribution in [0.4, 0.5) is 15.8 Å². The second-order valence-corrected chi connectivity index (χ2v) is 9.60. The summed E-state index contributed by atoms with van der Waals surface area (Å²) in [7, 11) is 0. The fourth-order valence-corrected chi connectivity index (χ4v) is 5.44. The largest absolute Gasteiger partial charge is 0.325 e. The molecule has 2 aromatic rings. The highest BCUT2D eigenvalue weighted by Crippen LogP contribution is 2.48. The van der Waals surface area contributed by atoms with Crippen molar-refractivity contribution in [1.29, 1.82) is 0 Å². The number of benzene rings is 2. The monoisotopic (exact) mass is 451 g/mol. The predicted molar refractivity (Wildman–Crippen MR) is 125 cm³/mol. The third-order valence-corrected chi connectivity index (χ3v) is 7.46. The van der Waals surface area contributed by atoms with Crippen molar-refractivity contribution in [3.63, 3.8) is 0 Å². The van der Waals surface area contributed by atoms with Crippen LogP contribution in [-0.2, 0) is 9.59 Å². The Morgan fingerprint density at radius 1 is 1.00 bits per heavy atom. The number of fused-ring (bicyclic) bond motifs is 1. The van der Waals surface area contributed by atoms with E-state index in [1.54, 1.807) is 0 Å². The van der Waals surface area contributed by atoms with Gasteiger partial charge in [0, 0.05) is 23.3 Å². The number of aryl methyl sites for hydroxylation is 1. The molecule has 0 spiro atoms. The molecule has 2 amide bonds. The van der Waals surface area contributed by atoms with E-state index in [9.17, 15) is 14.0 Å². The van der Waals surface area contributed by atoms with Crippen molar-refractivity contribution in [3.8, 4) is 0 Å². The molecular formula is C25H30FN5O2. The summed E-state index contributed by atoms with van der Waals surface area (Å²) >= 11 is 0. The second kappa shape index (κ2) is 8.52. The molecule has 8 heteroatoms. The van der Waals surface area contributed by atoms with E-state index in [2.05, 4.69) is 34.5 Å². The van der Waals surface area contributed by atoms with Crippen LogP contribution in [-0.4, -0.2) is 24.0 Å². The van der Waals surface area contributed by atoms with Crippen LogP contribution in [0.25, 0.3) is 0 Å². The Morgan fingerprint density at radius 3 is 2.33 bits per heavy atom. The van der Waals surface area contributed by atoms with Gasteiger partial charge >= 0.3 is 0 Å². The molecule has 1 saturated heterocycles. The maximum atomic E-state index is 13.1. The minimum Gasteiger partial charge on any atom is -0.325 e. The fraction of sp³-hybridized carbons (Fsp3) is 0.440. The Hall–Kier alpha value is -2.81. The molecule has 0 bridgehead atoms. The number of nitrogens with one attached hydrogen (secondary N) is 4. The van der Waals surface area contributed by atoms with Gasteiger partial charge in [0.25, 0.3) is 0 Å². The Labute approximate surface area is 192 Å². The lowest BCUT2D eigenvalue weighted by Crippen LogP contribution is -2.41. The number of carbonyl (C=O) groups excluding carboxylic acids is 2. The maximum Gasteiger partial charge on any atom is 0.240 e. The van der Waals surface area contributed by atoms with Gasteiger partial charge in [-0.1, -0.05) is 12.5 Å². The highest BCUT2D eigenvalue weighted by Gasteiger charge is 2.56. The number of halogens is 1. The van der Waals surface area contributed by atoms with Crippen LogP contribution in [0.3, 0.4) is 0 Å². The summed E-state index contributed by atoms with van der Waals surface area (Å²) in [5.74, 6) is -0.344. The van der Waals surface area contributed by atoms with Crippen molar-refractivity contribution in [2.75, 3.05) is 10.6 Å². The fourth-order valence-electron chi connectivity index (χ4n) is 5.44. The average molecular weight is 452 g/mol. The third kappa shape index (κ3) is 4.14. The van der Waals surface area contributed by atoms with Crippen LogP contribution in [0, 0.1) is 24.1 Å². The molecule has 3 aliphatic rings. The minimum atomic E-state index is -1.08. The van der Waals surface area contributed by atoms with Gasteiger partial charge in [-0.25, -0.2) is 9.82 Å². The quantitative estimate of drug-likeness (QED) is 0.449. The zero-order valence-electron chi connectivity index (χ0n) is 18.7. The first-order valence-corrected chi connectivity index (χ1v) is 11.6. The molecule has 3 fully saturated rings. The summed E-state index contributed by atoms with van der Waals surface area (Å²) in [6.45, 7) is 2.06. The van der Waals surface area contributed by atoms with Crippen LogP contribution in [0.1, 0.15) is 49.1 Å². The number of nitrogens with two attached hydrogens (primary N) is 1. The van der Waals surface area contributed by atoms with Gasteiger partial charge in [-0.05, 0) is 86.1 Å². The lowest BCUT2D eigenvalue weighted by Gasteiger charge is -2.35. The Bertz CT molecular complexity index is 1070. The summed E-state index contributed by atoms with van der Waals surface area (Å²) in [6.07, 6.45) is 4.27. The molecule has 0 radical (unpaired) electrons. The molecule has 2 aliphatic carbocycles. The van der Waals surface area contributed by atoms with Gasteiger partial charge in [-0.3, -0.25) is 15.0 Å². The molecule has 1 aliphatic heterocycles. The smallest absolute Gasteiger partial charge is 0.240 e. The van der Waals surface area contributed by atoms with Crippen molar-refractivity contribution in [2.24, 2.45) is 17.1 Å². The number of hydrogen-bond acceptors (Lipinski definition) is 5. The van der Waals surface area contributed by atoms with Crippen LogP contribution in [0.5, 0.6) is 0 Å². The van der Waals surface area contributed by atoms with E-state index >= 15 is 0 Å². The van der Waals surface area contributed by atoms with E-state index < -0.39 is 5.41 Å². The van der Waals surface area contributed by atoms with E-state index in [0.29, 0.717) is 42.1 Å². The van der Waals surface area contributed by atoms with Crippen LogP contribution in [0.15, 0.2) is 42.5 Å². The maximum absolute atomic E-state index is 13.1. The van der Waals surface area contributed by atoms with Crippen molar-refractivity contribution >= 4 is 23.2 Å². The van der Waals surface area contributed by atoms with Crippen molar-refractivity contribution < 1.29 is 14.0 Å². The van der Waals surface area contributed by atoms with E-state index in [1.807, 2.05) is 12.1 Å². The normalized spacial score (nSPS) is 27.5. The zero-order valence-corrected chi connectivity index (χ0v) is 18.7. The number of anilines is 2. The van der Waals surface area contributed by atoms with Gasteiger partial charge in [0.15, 0.2) is 0 Å². The molecule has 7 nitrogen and oxygen atoms in total. The van der Waals surface area contributed by atoms with Gasteiger partial charge < -0.3 is 16.4 Å². The standard InChI is InChI=1S/C25H30FN5O2/c1-14-13-17(9-10-18(14)19-3-2-4-20-21(19)22(27)31-30-20)29-24(33)25(11-12-25)23(32)28-16-7-5-15(26)6-8-16/h5-10,13,19-22,30-31H,2-4,11-12,27H2,1H3,(H,28,32)(H,29,33). The van der Waals surface area contributed by atoms with E-state index in [-0.39, 0.29) is 23.8 Å². The summed E-state index contributed by atoms with van der Waals surface area (Å²) in [5, 5.41) is 5.67. The van der Waals surface area contributed by atoms with Gasteiger partial charge in [0.05, 0.1) is 6.17 Å². The van der Waals surface area contributed by atoms with Gasteiger partial charge in [0.1, 0.15) is 11.2 Å². The molecule has 174 valence electrons. The topological polar surface area (TPSA) is 108 Å². The molecule has 33 heavy (non-hydrogen) atoms. The Morgan fingerprint density at radius 2 is 1.67 bits per heavy atom. The van der Waals surface area contributed by atoms with Gasteiger partial charge in [0.2, 0.25) is 11.8 Å². The highest BCUT2D eigenvalue weighted by atomic mass is 19.1. The summed E-state index contributed by atoms with van der Waals surface area (Å²) in [5.41, 5.74) is 15.3. The third-order valence-electron chi connectivity index (χ3n) is 7.46. The molecule has 2 saturated carbocycles. The summed E-state index contributed by atoms with van der Waals surface area (Å²) in [6, 6.07) is 11.9. The number of amides is 2. The molecule has 1 heterocycles. The molecule has 5 rings (SSSR count). The Balaban J connectivity index is 1.28. The first kappa shape index (κ1) is 22.0. The predicted octanol–water partition coefficient (Wildman–Crippen LogP) is 3.14. The van der Waals surface area contributed by atoms with Crippen LogP contribution >= 0.6 is 0 Å². The van der Waals surface area contributed by atoms with E-state index in [4.69, 9.17) is 5.73 Å². The van der Waals surface area contributed by atoms with Crippen LogP contribution < -0.4 is 27.2 Å². The van der Waals surface area contributed by atoms with Crippen LogP contribution in [0.2, 0.25) is 0 Å². The van der Waals surface area contributed by atoms with Crippen molar-refractivity contribution in [3.05, 3.63) is 59.4 Å². The first-order valence-electron chi connectivity index (χ1n) is 11.6. The summed E-state index contributed by atoms with van der Waals surface area (Å²) < 4.78 is 13.1. The van der Waals surface area contributed by atoms with E-state index in [1.165, 1.54) is 29.8 Å². The van der Waals surface area contributed by atoms with E-state index in [0.717, 1.165) is 24.8 Å².